The second kappa shape index (κ2) is 7.37. The maximum atomic E-state index is 11.2. The Hall–Kier alpha value is -1.93. The van der Waals surface area contributed by atoms with Gasteiger partial charge in [-0.2, -0.15) is 0 Å². The summed E-state index contributed by atoms with van der Waals surface area (Å²) in [6.45, 7) is 5.27. The van der Waals surface area contributed by atoms with Crippen LogP contribution in [0.4, 0.5) is 11.4 Å². The summed E-state index contributed by atoms with van der Waals surface area (Å²) in [6, 6.07) is 1.48. The van der Waals surface area contributed by atoms with E-state index in [2.05, 4.69) is 9.97 Å². The molecule has 0 aromatic carbocycles. The van der Waals surface area contributed by atoms with Gasteiger partial charge in [0.1, 0.15) is 0 Å². The Balaban J connectivity index is 2.28. The topological polar surface area (TPSA) is 81.4 Å². The molecule has 0 aliphatic carbocycles. The third-order valence-corrected chi connectivity index (χ3v) is 4.01. The van der Waals surface area contributed by atoms with Gasteiger partial charge < -0.3 is 9.64 Å². The molecular formula is C13H15ClN4O3S. The molecule has 0 saturated heterocycles. The first-order chi connectivity index (χ1) is 10.5. The molecule has 0 radical (unpaired) electrons. The summed E-state index contributed by atoms with van der Waals surface area (Å²) < 4.78 is 5.67. The van der Waals surface area contributed by atoms with Crippen LogP contribution in [0.2, 0.25) is 4.47 Å². The van der Waals surface area contributed by atoms with E-state index in [1.807, 2.05) is 11.8 Å². The van der Waals surface area contributed by atoms with Crippen LogP contribution < -0.4 is 9.64 Å². The molecule has 2 heterocycles. The minimum atomic E-state index is -0.487. The molecular weight excluding hydrogens is 328 g/mol. The Morgan fingerprint density at radius 2 is 2.18 bits per heavy atom. The Kier molecular flexibility index (Phi) is 5.51. The Labute approximate surface area is 136 Å². The van der Waals surface area contributed by atoms with Crippen molar-refractivity contribution in [2.45, 2.75) is 20.4 Å². The maximum Gasteiger partial charge on any atom is 0.333 e. The van der Waals surface area contributed by atoms with Gasteiger partial charge in [-0.25, -0.2) is 9.97 Å². The highest BCUT2D eigenvalue weighted by molar-refractivity contribution is 7.15. The fourth-order valence-corrected chi connectivity index (χ4v) is 2.91. The molecule has 0 atom stereocenters. The smallest absolute Gasteiger partial charge is 0.333 e. The molecule has 0 spiro atoms. The van der Waals surface area contributed by atoms with E-state index in [0.717, 1.165) is 4.88 Å². The largest absolute Gasteiger partial charge is 0.473 e. The third kappa shape index (κ3) is 3.83. The molecule has 9 heteroatoms. The van der Waals surface area contributed by atoms with E-state index in [-0.39, 0.29) is 11.6 Å². The van der Waals surface area contributed by atoms with Crippen LogP contribution in [0.1, 0.15) is 18.7 Å². The second-order valence-corrected chi connectivity index (χ2v) is 6.00. The molecule has 0 amide bonds. The van der Waals surface area contributed by atoms with Gasteiger partial charge in [-0.3, -0.25) is 10.1 Å². The zero-order chi connectivity index (χ0) is 16.1. The molecule has 0 aliphatic rings. The minimum absolute atomic E-state index is 0.0353. The number of aromatic nitrogens is 2. The number of nitro groups is 1. The van der Waals surface area contributed by atoms with Gasteiger partial charge in [0.15, 0.2) is 4.47 Å². The van der Waals surface area contributed by atoms with Gasteiger partial charge >= 0.3 is 5.69 Å². The van der Waals surface area contributed by atoms with Crippen molar-refractivity contribution in [2.24, 2.45) is 0 Å². The SMILES string of the molecule is CCOc1ncc(N(CC)Cc2cnc(Cl)s2)cc1[N+](=O)[O-]. The van der Waals surface area contributed by atoms with Crippen molar-refractivity contribution in [3.05, 3.63) is 37.9 Å². The number of rotatable bonds is 7. The number of hydrogen-bond acceptors (Lipinski definition) is 7. The number of pyridine rings is 1. The molecule has 7 nitrogen and oxygen atoms in total. The highest BCUT2D eigenvalue weighted by Crippen LogP contribution is 2.30. The zero-order valence-electron chi connectivity index (χ0n) is 12.2. The molecule has 2 aromatic rings. The zero-order valence-corrected chi connectivity index (χ0v) is 13.7. The lowest BCUT2D eigenvalue weighted by Gasteiger charge is -2.21. The summed E-state index contributed by atoms with van der Waals surface area (Å²) in [4.78, 5) is 21.7. The summed E-state index contributed by atoms with van der Waals surface area (Å²) in [5, 5.41) is 11.2. The van der Waals surface area contributed by atoms with Crippen LogP contribution in [0.3, 0.4) is 0 Å². The summed E-state index contributed by atoms with van der Waals surface area (Å²) in [7, 11) is 0. The lowest BCUT2D eigenvalue weighted by molar-refractivity contribution is -0.386. The molecule has 0 fully saturated rings. The van der Waals surface area contributed by atoms with E-state index in [1.165, 1.54) is 17.4 Å². The summed E-state index contributed by atoms with van der Waals surface area (Å²) in [6.07, 6.45) is 3.27. The molecule has 118 valence electrons. The van der Waals surface area contributed by atoms with Gasteiger partial charge in [-0.1, -0.05) is 11.6 Å². The third-order valence-electron chi connectivity index (χ3n) is 2.91. The molecule has 2 aromatic heterocycles. The number of hydrogen-bond donors (Lipinski definition) is 0. The molecule has 2 rings (SSSR count). The lowest BCUT2D eigenvalue weighted by Crippen LogP contribution is -2.21. The quantitative estimate of drug-likeness (QED) is 0.565. The van der Waals surface area contributed by atoms with Crippen molar-refractivity contribution in [1.29, 1.82) is 0 Å². The number of nitrogens with zero attached hydrogens (tertiary/aromatic N) is 4. The highest BCUT2D eigenvalue weighted by Gasteiger charge is 2.20. The molecule has 0 aliphatic heterocycles. The van der Waals surface area contributed by atoms with Gasteiger partial charge in [-0.15, -0.1) is 11.3 Å². The monoisotopic (exact) mass is 342 g/mol. The fraction of sp³-hybridized carbons (Fsp3) is 0.385. The predicted octanol–water partition coefficient (Wildman–Crippen LogP) is 3.52. The van der Waals surface area contributed by atoms with Gasteiger partial charge in [0.05, 0.1) is 30.0 Å². The second-order valence-electron chi connectivity index (χ2n) is 4.30. The van der Waals surface area contributed by atoms with Crippen LogP contribution in [0, 0.1) is 10.1 Å². The number of halogens is 1. The Morgan fingerprint density at radius 3 is 2.73 bits per heavy atom. The average molecular weight is 343 g/mol. The van der Waals surface area contributed by atoms with Gasteiger partial charge in [0.25, 0.3) is 5.88 Å². The van der Waals surface area contributed by atoms with Gasteiger partial charge in [0, 0.05) is 23.7 Å². The first kappa shape index (κ1) is 16.4. The molecule has 22 heavy (non-hydrogen) atoms. The first-order valence-electron chi connectivity index (χ1n) is 6.67. The van der Waals surface area contributed by atoms with E-state index in [0.29, 0.717) is 29.9 Å². The van der Waals surface area contributed by atoms with Crippen LogP contribution >= 0.6 is 22.9 Å². The predicted molar refractivity (Wildman–Crippen MR) is 85.9 cm³/mol. The Bertz CT molecular complexity index is 664. The summed E-state index contributed by atoms with van der Waals surface area (Å²) in [5.41, 5.74) is 0.516. The molecule has 0 N–H and O–H groups in total. The molecule has 0 unspecified atom stereocenters. The average Bonchev–Trinajstić information content (AvgIpc) is 2.90. The van der Waals surface area contributed by atoms with Crippen LogP contribution in [0.25, 0.3) is 0 Å². The maximum absolute atomic E-state index is 11.2. The minimum Gasteiger partial charge on any atom is -0.473 e. The van der Waals surface area contributed by atoms with Crippen LogP contribution in [0.5, 0.6) is 5.88 Å². The number of ether oxygens (including phenoxy) is 1. The number of anilines is 1. The van der Waals surface area contributed by atoms with Gasteiger partial charge in [0.2, 0.25) is 0 Å². The highest BCUT2D eigenvalue weighted by atomic mass is 35.5. The van der Waals surface area contributed by atoms with Crippen molar-refractivity contribution in [3.8, 4) is 5.88 Å². The standard InChI is InChI=1S/C13H15ClN4O3S/c1-3-17(8-10-7-16-13(14)22-10)9-5-11(18(19)20)12(15-6-9)21-4-2/h5-7H,3-4,8H2,1-2H3. The summed E-state index contributed by atoms with van der Waals surface area (Å²) in [5.74, 6) is 0.0353. The van der Waals surface area contributed by atoms with E-state index >= 15 is 0 Å². The van der Waals surface area contributed by atoms with E-state index < -0.39 is 4.92 Å². The van der Waals surface area contributed by atoms with Crippen LogP contribution in [-0.2, 0) is 6.54 Å². The van der Waals surface area contributed by atoms with E-state index in [9.17, 15) is 10.1 Å². The van der Waals surface area contributed by atoms with Crippen molar-refractivity contribution in [2.75, 3.05) is 18.1 Å². The fourth-order valence-electron chi connectivity index (χ4n) is 1.91. The van der Waals surface area contributed by atoms with E-state index in [4.69, 9.17) is 16.3 Å². The van der Waals surface area contributed by atoms with Gasteiger partial charge in [-0.05, 0) is 13.8 Å². The lowest BCUT2D eigenvalue weighted by atomic mass is 10.3. The Morgan fingerprint density at radius 1 is 1.41 bits per heavy atom. The normalized spacial score (nSPS) is 10.5. The summed E-state index contributed by atoms with van der Waals surface area (Å²) >= 11 is 7.21. The van der Waals surface area contributed by atoms with Crippen molar-refractivity contribution in [1.82, 2.24) is 9.97 Å². The molecule has 0 bridgehead atoms. The van der Waals surface area contributed by atoms with Crippen LogP contribution in [0.15, 0.2) is 18.5 Å². The van der Waals surface area contributed by atoms with Crippen molar-refractivity contribution >= 4 is 34.3 Å². The van der Waals surface area contributed by atoms with Crippen LogP contribution in [-0.4, -0.2) is 28.0 Å². The molecule has 0 saturated carbocycles. The first-order valence-corrected chi connectivity index (χ1v) is 7.87. The number of thiazole rings is 1. The van der Waals surface area contributed by atoms with Crippen molar-refractivity contribution in [3.63, 3.8) is 0 Å². The van der Waals surface area contributed by atoms with E-state index in [1.54, 1.807) is 19.3 Å². The van der Waals surface area contributed by atoms with Crippen molar-refractivity contribution < 1.29 is 9.66 Å².